The van der Waals surface area contributed by atoms with Gasteiger partial charge in [0.05, 0.1) is 5.69 Å². The fourth-order valence-electron chi connectivity index (χ4n) is 5.25. The van der Waals surface area contributed by atoms with Crippen molar-refractivity contribution < 1.29 is 4.79 Å². The van der Waals surface area contributed by atoms with E-state index in [1.807, 2.05) is 0 Å². The van der Waals surface area contributed by atoms with Gasteiger partial charge < -0.3 is 0 Å². The molecule has 1 N–H and O–H groups in total. The van der Waals surface area contributed by atoms with Crippen LogP contribution in [0.25, 0.3) is 0 Å². The minimum Gasteiger partial charge on any atom is -0.294 e. The Hall–Kier alpha value is -1.38. The molecule has 1 spiro atoms. The van der Waals surface area contributed by atoms with Gasteiger partial charge in [-0.2, -0.15) is 5.10 Å². The van der Waals surface area contributed by atoms with Gasteiger partial charge in [0, 0.05) is 35.1 Å². The molecule has 1 aromatic heterocycles. The van der Waals surface area contributed by atoms with Crippen LogP contribution in [0.3, 0.4) is 0 Å². The van der Waals surface area contributed by atoms with Gasteiger partial charge in [0.15, 0.2) is 5.78 Å². The van der Waals surface area contributed by atoms with Crippen molar-refractivity contribution in [2.75, 3.05) is 0 Å². The number of carbonyl (C=O) groups is 1. The van der Waals surface area contributed by atoms with Crippen molar-refractivity contribution in [1.82, 2.24) is 10.2 Å². The molecule has 3 aliphatic carbocycles. The van der Waals surface area contributed by atoms with Crippen LogP contribution in [-0.4, -0.2) is 16.0 Å². The lowest BCUT2D eigenvalue weighted by Crippen LogP contribution is -2.40. The summed E-state index contributed by atoms with van der Waals surface area (Å²) in [7, 11) is 0. The first-order valence-corrected chi connectivity index (χ1v) is 8.23. The van der Waals surface area contributed by atoms with E-state index in [4.69, 9.17) is 0 Å². The minimum absolute atomic E-state index is 0.00637. The van der Waals surface area contributed by atoms with Gasteiger partial charge in [0.1, 0.15) is 0 Å². The molecule has 0 aliphatic heterocycles. The van der Waals surface area contributed by atoms with Crippen LogP contribution < -0.4 is 0 Å². The van der Waals surface area contributed by atoms with Crippen molar-refractivity contribution in [2.45, 2.75) is 71.1 Å². The smallest absolute Gasteiger partial charge is 0.160 e. The minimum atomic E-state index is -0.00637. The summed E-state index contributed by atoms with van der Waals surface area (Å²) >= 11 is 0. The van der Waals surface area contributed by atoms with Gasteiger partial charge in [0.25, 0.3) is 0 Å². The molecule has 0 radical (unpaired) electrons. The van der Waals surface area contributed by atoms with Gasteiger partial charge >= 0.3 is 0 Å². The third kappa shape index (κ3) is 1.72. The van der Waals surface area contributed by atoms with E-state index < -0.39 is 0 Å². The number of nitrogens with zero attached hydrogens (tertiary/aromatic N) is 1. The summed E-state index contributed by atoms with van der Waals surface area (Å²) in [6.07, 6.45) is 7.37. The van der Waals surface area contributed by atoms with Crippen LogP contribution in [0.15, 0.2) is 11.1 Å². The molecule has 0 saturated heterocycles. The number of H-pyrrole nitrogens is 1. The molecule has 0 amide bonds. The number of rotatable bonds is 0. The normalized spacial score (nSPS) is 26.1. The topological polar surface area (TPSA) is 45.8 Å². The Morgan fingerprint density at radius 3 is 2.57 bits per heavy atom. The highest BCUT2D eigenvalue weighted by Crippen LogP contribution is 2.56. The van der Waals surface area contributed by atoms with Gasteiger partial charge in [-0.15, -0.1) is 0 Å². The van der Waals surface area contributed by atoms with Crippen LogP contribution in [0.1, 0.15) is 69.3 Å². The number of Topliss-reactive ketones (excluding diaryl/α,β-unsaturated/α-hetero) is 1. The Morgan fingerprint density at radius 1 is 1.14 bits per heavy atom. The summed E-state index contributed by atoms with van der Waals surface area (Å²) in [5.41, 5.74) is 6.43. The van der Waals surface area contributed by atoms with Crippen molar-refractivity contribution in [3.8, 4) is 0 Å². The molecular formula is C18H24N2O. The van der Waals surface area contributed by atoms with Gasteiger partial charge in [-0.3, -0.25) is 9.89 Å². The highest BCUT2D eigenvalue weighted by atomic mass is 16.1. The number of hydrogen-bond acceptors (Lipinski definition) is 2. The maximum Gasteiger partial charge on any atom is 0.160 e. The number of nitrogens with one attached hydrogen (secondary N) is 1. The standard InChI is InChI=1S/C18H24N2O/c1-11-15-13(20-19-11)8-12-9-17(2,3)10-14(21)16(12)18(15)6-4-5-7-18/h4-10H2,1-3H3,(H,19,20). The quantitative estimate of drug-likeness (QED) is 0.788. The molecule has 21 heavy (non-hydrogen) atoms. The van der Waals surface area contributed by atoms with Crippen LogP contribution in [0.5, 0.6) is 0 Å². The Morgan fingerprint density at radius 2 is 1.86 bits per heavy atom. The molecule has 3 nitrogen and oxygen atoms in total. The zero-order valence-corrected chi connectivity index (χ0v) is 13.3. The number of aromatic amines is 1. The Bertz CT molecular complexity index is 657. The van der Waals surface area contributed by atoms with E-state index in [1.165, 1.54) is 40.9 Å². The number of allylic oxidation sites excluding steroid dienone is 2. The monoisotopic (exact) mass is 284 g/mol. The molecular weight excluding hydrogens is 260 g/mol. The predicted octanol–water partition coefficient (Wildman–Crippen LogP) is 3.77. The first kappa shape index (κ1) is 13.3. The molecule has 0 atom stereocenters. The first-order valence-electron chi connectivity index (χ1n) is 8.23. The highest BCUT2D eigenvalue weighted by Gasteiger charge is 2.51. The average Bonchev–Trinajstić information content (AvgIpc) is 2.96. The van der Waals surface area contributed by atoms with Gasteiger partial charge in [-0.25, -0.2) is 0 Å². The van der Waals surface area contributed by atoms with Crippen LogP contribution in [0, 0.1) is 12.3 Å². The molecule has 1 aromatic rings. The van der Waals surface area contributed by atoms with Crippen LogP contribution >= 0.6 is 0 Å². The number of hydrogen-bond donors (Lipinski definition) is 1. The van der Waals surface area contributed by atoms with Crippen molar-refractivity contribution in [3.05, 3.63) is 28.1 Å². The number of fused-ring (bicyclic) bond motifs is 3. The van der Waals surface area contributed by atoms with E-state index in [0.29, 0.717) is 12.2 Å². The van der Waals surface area contributed by atoms with E-state index in [2.05, 4.69) is 31.0 Å². The SMILES string of the molecule is Cc1[nH]nc2c1C1(CCCC1)C1=C(C2)CC(C)(C)CC1=O. The summed E-state index contributed by atoms with van der Waals surface area (Å²) in [5, 5.41) is 7.76. The summed E-state index contributed by atoms with van der Waals surface area (Å²) < 4.78 is 0. The van der Waals surface area contributed by atoms with E-state index >= 15 is 0 Å². The predicted molar refractivity (Wildman–Crippen MR) is 82.2 cm³/mol. The van der Waals surface area contributed by atoms with Gasteiger partial charge in [-0.05, 0) is 31.6 Å². The lowest BCUT2D eigenvalue weighted by atomic mass is 9.59. The van der Waals surface area contributed by atoms with Crippen LogP contribution in [-0.2, 0) is 16.6 Å². The molecule has 1 fully saturated rings. The fourth-order valence-corrected chi connectivity index (χ4v) is 5.25. The van der Waals surface area contributed by atoms with E-state index in [1.54, 1.807) is 0 Å². The summed E-state index contributed by atoms with van der Waals surface area (Å²) in [6, 6.07) is 0. The summed E-state index contributed by atoms with van der Waals surface area (Å²) in [6.45, 7) is 6.57. The van der Waals surface area contributed by atoms with Crippen molar-refractivity contribution in [3.63, 3.8) is 0 Å². The highest BCUT2D eigenvalue weighted by molar-refractivity contribution is 6.01. The fraction of sp³-hybridized carbons (Fsp3) is 0.667. The number of aromatic nitrogens is 2. The molecule has 3 aliphatic rings. The second-order valence-corrected chi connectivity index (χ2v) is 8.06. The Labute approximate surface area is 126 Å². The second-order valence-electron chi connectivity index (χ2n) is 8.06. The van der Waals surface area contributed by atoms with Gasteiger partial charge in [-0.1, -0.05) is 32.3 Å². The first-order chi connectivity index (χ1) is 9.93. The van der Waals surface area contributed by atoms with Gasteiger partial charge in [0.2, 0.25) is 0 Å². The number of carbonyl (C=O) groups excluding carboxylic acids is 1. The summed E-state index contributed by atoms with van der Waals surface area (Å²) in [5.74, 6) is 0.411. The molecule has 1 saturated carbocycles. The van der Waals surface area contributed by atoms with Crippen molar-refractivity contribution in [1.29, 1.82) is 0 Å². The zero-order chi connectivity index (χ0) is 14.8. The van der Waals surface area contributed by atoms with E-state index in [-0.39, 0.29) is 10.8 Å². The maximum absolute atomic E-state index is 13.0. The molecule has 0 aromatic carbocycles. The molecule has 3 heteroatoms. The average molecular weight is 284 g/mol. The molecule has 4 rings (SSSR count). The molecule has 1 heterocycles. The molecule has 0 bridgehead atoms. The van der Waals surface area contributed by atoms with Crippen LogP contribution in [0.2, 0.25) is 0 Å². The molecule has 112 valence electrons. The summed E-state index contributed by atoms with van der Waals surface area (Å²) in [4.78, 5) is 13.0. The Kier molecular flexibility index (Phi) is 2.59. The maximum atomic E-state index is 13.0. The number of ketones is 1. The lowest BCUT2D eigenvalue weighted by molar-refractivity contribution is -0.119. The largest absolute Gasteiger partial charge is 0.294 e. The Balaban J connectivity index is 1.95. The lowest BCUT2D eigenvalue weighted by Gasteiger charge is -2.43. The van der Waals surface area contributed by atoms with E-state index in [0.717, 1.165) is 25.7 Å². The number of aryl methyl sites for hydroxylation is 1. The second kappa shape index (κ2) is 4.08. The van der Waals surface area contributed by atoms with Crippen LogP contribution in [0.4, 0.5) is 0 Å². The molecule has 0 unspecified atom stereocenters. The third-order valence-corrected chi connectivity index (χ3v) is 5.78. The van der Waals surface area contributed by atoms with Crippen molar-refractivity contribution >= 4 is 5.78 Å². The zero-order valence-electron chi connectivity index (χ0n) is 13.3. The van der Waals surface area contributed by atoms with E-state index in [9.17, 15) is 4.79 Å². The third-order valence-electron chi connectivity index (χ3n) is 5.78. The van der Waals surface area contributed by atoms with Crippen molar-refractivity contribution in [2.24, 2.45) is 5.41 Å².